The molecule has 3 rings (SSSR count). The maximum atomic E-state index is 12.7. The van der Waals surface area contributed by atoms with E-state index in [4.69, 9.17) is 9.73 Å². The highest BCUT2D eigenvalue weighted by molar-refractivity contribution is 6.12. The van der Waals surface area contributed by atoms with E-state index in [2.05, 4.69) is 43.3 Å². The van der Waals surface area contributed by atoms with Crippen molar-refractivity contribution in [1.82, 2.24) is 0 Å². The van der Waals surface area contributed by atoms with E-state index < -0.39 is 11.0 Å². The molecule has 0 spiro atoms. The number of carbonyl (C=O) groups is 1. The van der Waals surface area contributed by atoms with Crippen LogP contribution in [0.2, 0.25) is 0 Å². The molecule has 0 radical (unpaired) electrons. The zero-order chi connectivity index (χ0) is 24.1. The van der Waals surface area contributed by atoms with E-state index in [0.29, 0.717) is 0 Å². The average molecular weight is 442 g/mol. The molecule has 0 N–H and O–H groups in total. The zero-order valence-electron chi connectivity index (χ0n) is 20.6. The molecule has 3 nitrogen and oxygen atoms in total. The van der Waals surface area contributed by atoms with Crippen LogP contribution in [0, 0.1) is 0 Å². The number of hydrogen-bond acceptors (Lipinski definition) is 3. The van der Waals surface area contributed by atoms with Crippen LogP contribution in [0.5, 0.6) is 0 Å². The zero-order valence-corrected chi connectivity index (χ0v) is 20.6. The Bertz CT molecular complexity index is 1030. The summed E-state index contributed by atoms with van der Waals surface area (Å²) < 4.78 is 5.62. The SMILES string of the molecule is C[C@@H](Cc1ccc(C(C)(C)C(=O)OC(C)(C)C)cc1)N=C(c1ccccc1)c1ccccc1. The second-order valence-electron chi connectivity index (χ2n) is 10.1. The number of hydrogen-bond donors (Lipinski definition) is 0. The monoisotopic (exact) mass is 441 g/mol. The molecular weight excluding hydrogens is 406 g/mol. The predicted octanol–water partition coefficient (Wildman–Crippen LogP) is 6.77. The molecule has 172 valence electrons. The molecule has 33 heavy (non-hydrogen) atoms. The van der Waals surface area contributed by atoms with Crippen LogP contribution in [0.1, 0.15) is 63.8 Å². The van der Waals surface area contributed by atoms with E-state index in [-0.39, 0.29) is 12.0 Å². The first-order valence-corrected chi connectivity index (χ1v) is 11.6. The van der Waals surface area contributed by atoms with Gasteiger partial charge < -0.3 is 4.74 Å². The molecule has 0 aliphatic rings. The second kappa shape index (κ2) is 10.2. The quantitative estimate of drug-likeness (QED) is 0.300. The maximum Gasteiger partial charge on any atom is 0.316 e. The minimum atomic E-state index is -0.705. The van der Waals surface area contributed by atoms with Crippen molar-refractivity contribution in [2.45, 2.75) is 65.0 Å². The van der Waals surface area contributed by atoms with Gasteiger partial charge in [-0.15, -0.1) is 0 Å². The molecule has 0 heterocycles. The van der Waals surface area contributed by atoms with Gasteiger partial charge in [0.2, 0.25) is 0 Å². The third-order valence-corrected chi connectivity index (χ3v) is 5.56. The number of ether oxygens (including phenoxy) is 1. The van der Waals surface area contributed by atoms with E-state index in [9.17, 15) is 4.79 Å². The maximum absolute atomic E-state index is 12.7. The Morgan fingerprint density at radius 3 is 1.73 bits per heavy atom. The fourth-order valence-corrected chi connectivity index (χ4v) is 3.70. The summed E-state index contributed by atoms with van der Waals surface area (Å²) in [5, 5.41) is 0. The van der Waals surface area contributed by atoms with Gasteiger partial charge in [-0.05, 0) is 59.1 Å². The highest BCUT2D eigenvalue weighted by Gasteiger charge is 2.34. The van der Waals surface area contributed by atoms with Crippen molar-refractivity contribution in [3.05, 3.63) is 107 Å². The smallest absolute Gasteiger partial charge is 0.316 e. The Morgan fingerprint density at radius 2 is 1.27 bits per heavy atom. The molecule has 0 unspecified atom stereocenters. The summed E-state index contributed by atoms with van der Waals surface area (Å²) in [6.07, 6.45) is 0.816. The van der Waals surface area contributed by atoms with Crippen molar-refractivity contribution in [1.29, 1.82) is 0 Å². The number of esters is 1. The molecule has 0 amide bonds. The van der Waals surface area contributed by atoms with Gasteiger partial charge in [0.25, 0.3) is 0 Å². The van der Waals surface area contributed by atoms with Crippen molar-refractivity contribution in [2.24, 2.45) is 4.99 Å². The summed E-state index contributed by atoms with van der Waals surface area (Å²) in [6.45, 7) is 11.6. The van der Waals surface area contributed by atoms with Gasteiger partial charge in [-0.1, -0.05) is 84.9 Å². The van der Waals surface area contributed by atoms with Crippen LogP contribution < -0.4 is 0 Å². The molecule has 3 aromatic rings. The van der Waals surface area contributed by atoms with E-state index in [1.54, 1.807) is 0 Å². The van der Waals surface area contributed by atoms with Gasteiger partial charge in [-0.3, -0.25) is 9.79 Å². The van der Waals surface area contributed by atoms with Crippen molar-refractivity contribution in [3.8, 4) is 0 Å². The van der Waals surface area contributed by atoms with Gasteiger partial charge in [-0.2, -0.15) is 0 Å². The molecule has 0 saturated carbocycles. The van der Waals surface area contributed by atoms with Gasteiger partial charge in [-0.25, -0.2) is 0 Å². The lowest BCUT2D eigenvalue weighted by molar-refractivity contribution is -0.160. The first-order chi connectivity index (χ1) is 15.6. The number of carbonyl (C=O) groups excluding carboxylic acids is 1. The normalized spacial score (nSPS) is 12.7. The summed E-state index contributed by atoms with van der Waals surface area (Å²) >= 11 is 0. The van der Waals surface area contributed by atoms with Crippen LogP contribution in [-0.2, 0) is 21.4 Å². The minimum Gasteiger partial charge on any atom is -0.459 e. The molecular formula is C30H35NO2. The first kappa shape index (κ1) is 24.4. The molecule has 0 bridgehead atoms. The van der Waals surface area contributed by atoms with Gasteiger partial charge >= 0.3 is 5.97 Å². The van der Waals surface area contributed by atoms with Crippen LogP contribution in [0.25, 0.3) is 0 Å². The van der Waals surface area contributed by atoms with Crippen molar-refractivity contribution >= 4 is 11.7 Å². The Kier molecular flexibility index (Phi) is 7.53. The predicted molar refractivity (Wildman–Crippen MR) is 137 cm³/mol. The van der Waals surface area contributed by atoms with Crippen molar-refractivity contribution < 1.29 is 9.53 Å². The molecule has 1 atom stereocenters. The summed E-state index contributed by atoms with van der Waals surface area (Å²) in [5.74, 6) is -0.212. The Balaban J connectivity index is 1.79. The molecule has 3 aromatic carbocycles. The van der Waals surface area contributed by atoms with E-state index in [1.807, 2.05) is 83.1 Å². The fraction of sp³-hybridized carbons (Fsp3) is 0.333. The van der Waals surface area contributed by atoms with Crippen LogP contribution >= 0.6 is 0 Å². The van der Waals surface area contributed by atoms with Crippen LogP contribution in [0.3, 0.4) is 0 Å². The highest BCUT2D eigenvalue weighted by atomic mass is 16.6. The van der Waals surface area contributed by atoms with E-state index >= 15 is 0 Å². The number of benzene rings is 3. The highest BCUT2D eigenvalue weighted by Crippen LogP contribution is 2.27. The van der Waals surface area contributed by atoms with Gasteiger partial charge in [0.15, 0.2) is 0 Å². The van der Waals surface area contributed by atoms with Crippen LogP contribution in [0.15, 0.2) is 89.9 Å². The lowest BCUT2D eigenvalue weighted by Gasteiger charge is -2.29. The standard InChI is InChI=1S/C30H35NO2/c1-22(31-27(24-13-9-7-10-14-24)25-15-11-8-12-16-25)21-23-17-19-26(20-18-23)30(5,6)28(32)33-29(2,3)4/h7-20,22H,21H2,1-6H3/t22-/m0/s1. The third-order valence-electron chi connectivity index (χ3n) is 5.56. The summed E-state index contributed by atoms with van der Waals surface area (Å²) in [7, 11) is 0. The number of aliphatic imine (C=N–C) groups is 1. The number of rotatable bonds is 7. The van der Waals surface area contributed by atoms with Crippen LogP contribution in [-0.4, -0.2) is 23.3 Å². The molecule has 0 aliphatic carbocycles. The Labute approximate surface area is 198 Å². The lowest BCUT2D eigenvalue weighted by atomic mass is 9.84. The molecule has 3 heteroatoms. The van der Waals surface area contributed by atoms with Gasteiger partial charge in [0.1, 0.15) is 5.60 Å². The fourth-order valence-electron chi connectivity index (χ4n) is 3.70. The van der Waals surface area contributed by atoms with Gasteiger partial charge in [0, 0.05) is 11.1 Å². The molecule has 0 aromatic heterocycles. The van der Waals surface area contributed by atoms with Crippen molar-refractivity contribution in [3.63, 3.8) is 0 Å². The molecule has 0 aliphatic heterocycles. The second-order valence-corrected chi connectivity index (χ2v) is 10.1. The summed E-state index contributed by atoms with van der Waals surface area (Å²) in [6, 6.07) is 29.0. The lowest BCUT2D eigenvalue weighted by Crippen LogP contribution is -2.36. The van der Waals surface area contributed by atoms with E-state index in [1.165, 1.54) is 5.56 Å². The van der Waals surface area contributed by atoms with Crippen molar-refractivity contribution in [2.75, 3.05) is 0 Å². The van der Waals surface area contributed by atoms with Crippen LogP contribution in [0.4, 0.5) is 0 Å². The van der Waals surface area contributed by atoms with E-state index in [0.717, 1.165) is 28.8 Å². The topological polar surface area (TPSA) is 38.7 Å². The Hall–Kier alpha value is -3.20. The summed E-state index contributed by atoms with van der Waals surface area (Å²) in [5.41, 5.74) is 4.17. The first-order valence-electron chi connectivity index (χ1n) is 11.6. The average Bonchev–Trinajstić information content (AvgIpc) is 2.78. The molecule has 0 fully saturated rings. The van der Waals surface area contributed by atoms with Gasteiger partial charge in [0.05, 0.1) is 17.2 Å². The largest absolute Gasteiger partial charge is 0.459 e. The Morgan fingerprint density at radius 1 is 0.788 bits per heavy atom. The number of nitrogens with zero attached hydrogens (tertiary/aromatic N) is 1. The minimum absolute atomic E-state index is 0.102. The molecule has 0 saturated heterocycles. The summed E-state index contributed by atoms with van der Waals surface area (Å²) in [4.78, 5) is 17.8. The third kappa shape index (κ3) is 6.64.